The van der Waals surface area contributed by atoms with Gasteiger partial charge in [0.25, 0.3) is 0 Å². The first kappa shape index (κ1) is 19.4. The molecule has 1 heterocycles. The molecule has 0 spiro atoms. The number of ether oxygens (including phenoxy) is 1. The Bertz CT molecular complexity index is 1040. The van der Waals surface area contributed by atoms with Crippen molar-refractivity contribution in [1.29, 1.82) is 0 Å². The Kier molecular flexibility index (Phi) is 5.35. The summed E-state index contributed by atoms with van der Waals surface area (Å²) in [5, 5.41) is 0. The molecule has 0 aliphatic carbocycles. The molecule has 2 aromatic carbocycles. The van der Waals surface area contributed by atoms with E-state index in [0.29, 0.717) is 16.9 Å². The van der Waals surface area contributed by atoms with Crippen LogP contribution in [-0.2, 0) is 4.74 Å². The summed E-state index contributed by atoms with van der Waals surface area (Å²) in [5.74, 6) is -4.28. The SMILES string of the molecule is Cc1cc(C(=O)COC(=O)c2c(F)cccc2F)c(C)n1-c1ccc(F)cc1. The Labute approximate surface area is 159 Å². The maximum absolute atomic E-state index is 13.6. The molecule has 0 saturated heterocycles. The van der Waals surface area contributed by atoms with Gasteiger partial charge in [-0.25, -0.2) is 18.0 Å². The van der Waals surface area contributed by atoms with Crippen molar-refractivity contribution in [2.75, 3.05) is 6.61 Å². The first-order chi connectivity index (χ1) is 13.3. The minimum absolute atomic E-state index is 0.295. The van der Waals surface area contributed by atoms with E-state index in [1.807, 2.05) is 0 Å². The van der Waals surface area contributed by atoms with E-state index in [0.717, 1.165) is 23.9 Å². The average Bonchev–Trinajstić information content (AvgIpc) is 2.95. The lowest BCUT2D eigenvalue weighted by atomic mass is 10.1. The fourth-order valence-corrected chi connectivity index (χ4v) is 3.01. The van der Waals surface area contributed by atoms with E-state index in [1.165, 1.54) is 12.1 Å². The summed E-state index contributed by atoms with van der Waals surface area (Å²) in [7, 11) is 0. The van der Waals surface area contributed by atoms with Crippen LogP contribution in [0.1, 0.15) is 32.1 Å². The van der Waals surface area contributed by atoms with Gasteiger partial charge < -0.3 is 9.30 Å². The highest BCUT2D eigenvalue weighted by molar-refractivity contribution is 6.00. The molecule has 0 aliphatic heterocycles. The van der Waals surface area contributed by atoms with Gasteiger partial charge in [-0.3, -0.25) is 4.79 Å². The fourth-order valence-electron chi connectivity index (χ4n) is 3.01. The molecule has 0 fully saturated rings. The number of aryl methyl sites for hydroxylation is 1. The predicted octanol–water partition coefficient (Wildman–Crippen LogP) is 4.55. The minimum Gasteiger partial charge on any atom is -0.454 e. The summed E-state index contributed by atoms with van der Waals surface area (Å²) in [4.78, 5) is 24.4. The number of rotatable bonds is 5. The van der Waals surface area contributed by atoms with Crippen LogP contribution < -0.4 is 0 Å². The Morgan fingerprint density at radius 2 is 1.57 bits per heavy atom. The smallest absolute Gasteiger partial charge is 0.344 e. The van der Waals surface area contributed by atoms with Gasteiger partial charge in [-0.05, 0) is 56.3 Å². The van der Waals surface area contributed by atoms with Crippen molar-refractivity contribution in [3.8, 4) is 5.69 Å². The van der Waals surface area contributed by atoms with E-state index in [9.17, 15) is 22.8 Å². The second-order valence-corrected chi connectivity index (χ2v) is 6.19. The van der Waals surface area contributed by atoms with Gasteiger partial charge in [0.2, 0.25) is 5.78 Å². The van der Waals surface area contributed by atoms with E-state index in [1.54, 1.807) is 36.6 Å². The van der Waals surface area contributed by atoms with Crippen molar-refractivity contribution in [3.05, 3.63) is 88.5 Å². The molecule has 0 saturated carbocycles. The third-order valence-electron chi connectivity index (χ3n) is 4.32. The van der Waals surface area contributed by atoms with Crippen molar-refractivity contribution >= 4 is 11.8 Å². The molecule has 0 N–H and O–H groups in total. The highest BCUT2D eigenvalue weighted by Crippen LogP contribution is 2.22. The third kappa shape index (κ3) is 3.69. The zero-order valence-electron chi connectivity index (χ0n) is 15.1. The molecule has 7 heteroatoms. The highest BCUT2D eigenvalue weighted by atomic mass is 19.1. The van der Waals surface area contributed by atoms with Gasteiger partial charge in [0, 0.05) is 22.6 Å². The number of benzene rings is 2. The highest BCUT2D eigenvalue weighted by Gasteiger charge is 2.22. The molecule has 0 unspecified atom stereocenters. The molecule has 1 aromatic heterocycles. The third-order valence-corrected chi connectivity index (χ3v) is 4.32. The maximum Gasteiger partial charge on any atom is 0.344 e. The van der Waals surface area contributed by atoms with Crippen LogP contribution in [0, 0.1) is 31.3 Å². The van der Waals surface area contributed by atoms with E-state index in [2.05, 4.69) is 0 Å². The monoisotopic (exact) mass is 387 g/mol. The molecule has 0 radical (unpaired) electrons. The average molecular weight is 387 g/mol. The zero-order valence-corrected chi connectivity index (χ0v) is 15.1. The number of carbonyl (C=O) groups is 2. The summed E-state index contributed by atoms with van der Waals surface area (Å²) in [6.07, 6.45) is 0. The quantitative estimate of drug-likeness (QED) is 0.477. The van der Waals surface area contributed by atoms with Crippen molar-refractivity contribution in [2.24, 2.45) is 0 Å². The molecule has 144 valence electrons. The minimum atomic E-state index is -1.25. The number of halogens is 3. The lowest BCUT2D eigenvalue weighted by Gasteiger charge is -2.10. The molecule has 0 bridgehead atoms. The molecule has 3 aromatic rings. The van der Waals surface area contributed by atoms with Gasteiger partial charge in [0.1, 0.15) is 23.0 Å². The summed E-state index contributed by atoms with van der Waals surface area (Å²) < 4.78 is 47.0. The molecule has 28 heavy (non-hydrogen) atoms. The molecule has 4 nitrogen and oxygen atoms in total. The number of hydrogen-bond acceptors (Lipinski definition) is 3. The molecule has 0 aliphatic rings. The molecule has 0 atom stereocenters. The number of nitrogens with zero attached hydrogens (tertiary/aromatic N) is 1. The van der Waals surface area contributed by atoms with Crippen LogP contribution in [0.2, 0.25) is 0 Å². The van der Waals surface area contributed by atoms with Gasteiger partial charge in [-0.2, -0.15) is 0 Å². The van der Waals surface area contributed by atoms with Crippen molar-refractivity contribution in [3.63, 3.8) is 0 Å². The largest absolute Gasteiger partial charge is 0.454 e. The van der Waals surface area contributed by atoms with Crippen LogP contribution in [0.15, 0.2) is 48.5 Å². The number of ketones is 1. The standard InChI is InChI=1S/C21H16F3NO3/c1-12-10-16(13(2)25(12)15-8-6-14(22)7-9-15)19(26)11-28-21(27)20-17(23)4-3-5-18(20)24/h3-10H,11H2,1-2H3. The molecule has 0 amide bonds. The molecular formula is C21H16F3NO3. The maximum atomic E-state index is 13.6. The first-order valence-electron chi connectivity index (χ1n) is 8.39. The fraction of sp³-hybridized carbons (Fsp3) is 0.143. The molecule has 3 rings (SSSR count). The lowest BCUT2D eigenvalue weighted by Crippen LogP contribution is -2.17. The Morgan fingerprint density at radius 3 is 2.18 bits per heavy atom. The zero-order chi connectivity index (χ0) is 20.4. The predicted molar refractivity (Wildman–Crippen MR) is 96.2 cm³/mol. The Balaban J connectivity index is 1.79. The number of Topliss-reactive ketones (excluding diaryl/α,β-unsaturated/α-hetero) is 1. The van der Waals surface area contributed by atoms with Crippen LogP contribution in [0.25, 0.3) is 5.69 Å². The van der Waals surface area contributed by atoms with Gasteiger partial charge in [0.15, 0.2) is 6.61 Å². The van der Waals surface area contributed by atoms with Crippen molar-refractivity contribution in [1.82, 2.24) is 4.57 Å². The topological polar surface area (TPSA) is 48.3 Å². The van der Waals surface area contributed by atoms with Gasteiger partial charge in [0.05, 0.1) is 0 Å². The van der Waals surface area contributed by atoms with Crippen LogP contribution in [0.3, 0.4) is 0 Å². The van der Waals surface area contributed by atoms with Crippen LogP contribution >= 0.6 is 0 Å². The van der Waals surface area contributed by atoms with Crippen LogP contribution in [0.4, 0.5) is 13.2 Å². The Hall–Kier alpha value is -3.35. The summed E-state index contributed by atoms with van der Waals surface area (Å²) in [6.45, 7) is 2.80. The number of carbonyl (C=O) groups excluding carboxylic acids is 2. The summed E-state index contributed by atoms with van der Waals surface area (Å²) >= 11 is 0. The number of esters is 1. The summed E-state index contributed by atoms with van der Waals surface area (Å²) in [6, 6.07) is 10.3. The van der Waals surface area contributed by atoms with Gasteiger partial charge in [-0.1, -0.05) is 6.07 Å². The summed E-state index contributed by atoms with van der Waals surface area (Å²) in [5.41, 5.74) is 1.41. The van der Waals surface area contributed by atoms with Crippen molar-refractivity contribution in [2.45, 2.75) is 13.8 Å². The van der Waals surface area contributed by atoms with E-state index in [-0.39, 0.29) is 5.82 Å². The van der Waals surface area contributed by atoms with Crippen LogP contribution in [-0.4, -0.2) is 22.9 Å². The van der Waals surface area contributed by atoms with E-state index in [4.69, 9.17) is 4.74 Å². The van der Waals surface area contributed by atoms with Gasteiger partial charge >= 0.3 is 5.97 Å². The second-order valence-electron chi connectivity index (χ2n) is 6.19. The number of hydrogen-bond donors (Lipinski definition) is 0. The Morgan fingerprint density at radius 1 is 0.964 bits per heavy atom. The van der Waals surface area contributed by atoms with Gasteiger partial charge in [-0.15, -0.1) is 0 Å². The first-order valence-corrected chi connectivity index (χ1v) is 8.39. The molecular weight excluding hydrogens is 371 g/mol. The normalized spacial score (nSPS) is 10.8. The second kappa shape index (κ2) is 7.72. The van der Waals surface area contributed by atoms with Crippen LogP contribution in [0.5, 0.6) is 0 Å². The van der Waals surface area contributed by atoms with Crippen molar-refractivity contribution < 1.29 is 27.5 Å². The van der Waals surface area contributed by atoms with E-state index >= 15 is 0 Å². The number of aromatic nitrogens is 1. The lowest BCUT2D eigenvalue weighted by molar-refractivity contribution is 0.0465. The van der Waals surface area contributed by atoms with E-state index < -0.39 is 35.6 Å².